The molecule has 0 bridgehead atoms. The summed E-state index contributed by atoms with van der Waals surface area (Å²) < 4.78 is 18.5. The third-order valence-corrected chi connectivity index (χ3v) is 3.32. The third-order valence-electron chi connectivity index (χ3n) is 3.32. The van der Waals surface area contributed by atoms with E-state index in [1.165, 1.54) is 0 Å². The first kappa shape index (κ1) is 22.1. The van der Waals surface area contributed by atoms with Crippen LogP contribution in [0.1, 0.15) is 37.3 Å². The summed E-state index contributed by atoms with van der Waals surface area (Å²) in [7, 11) is 1.72. The number of guanidine groups is 1. The van der Waals surface area contributed by atoms with Gasteiger partial charge in [-0.25, -0.2) is 9.38 Å². The van der Waals surface area contributed by atoms with Gasteiger partial charge in [0.15, 0.2) is 5.96 Å². The van der Waals surface area contributed by atoms with E-state index in [9.17, 15) is 4.39 Å². The molecule has 23 heavy (non-hydrogen) atoms. The highest BCUT2D eigenvalue weighted by Crippen LogP contribution is 2.09. The Morgan fingerprint density at radius 1 is 1.22 bits per heavy atom. The molecule has 0 radical (unpaired) electrons. The summed E-state index contributed by atoms with van der Waals surface area (Å²) in [5.74, 6) is 0.596. The maximum Gasteiger partial charge on any atom is 0.191 e. The van der Waals surface area contributed by atoms with Crippen LogP contribution in [-0.4, -0.2) is 32.8 Å². The van der Waals surface area contributed by atoms with Crippen molar-refractivity contribution in [2.75, 3.05) is 26.8 Å². The van der Waals surface area contributed by atoms with Gasteiger partial charge in [0.05, 0.1) is 6.54 Å². The highest BCUT2D eigenvalue weighted by molar-refractivity contribution is 14.0. The van der Waals surface area contributed by atoms with Gasteiger partial charge in [0.1, 0.15) is 5.82 Å². The quantitative estimate of drug-likeness (QED) is 0.269. The van der Waals surface area contributed by atoms with Gasteiger partial charge in [0.25, 0.3) is 0 Å². The van der Waals surface area contributed by atoms with Crippen molar-refractivity contribution in [3.8, 4) is 0 Å². The molecule has 1 aromatic rings. The van der Waals surface area contributed by atoms with Gasteiger partial charge in [-0.2, -0.15) is 0 Å². The Kier molecular flexibility index (Phi) is 13.0. The van der Waals surface area contributed by atoms with Crippen LogP contribution in [0.4, 0.5) is 4.39 Å². The third kappa shape index (κ3) is 9.76. The van der Waals surface area contributed by atoms with Gasteiger partial charge in [-0.05, 0) is 50.3 Å². The molecule has 0 saturated heterocycles. The van der Waals surface area contributed by atoms with Gasteiger partial charge >= 0.3 is 0 Å². The maximum atomic E-state index is 13.5. The molecule has 0 heterocycles. The molecule has 6 heteroatoms. The summed E-state index contributed by atoms with van der Waals surface area (Å²) >= 11 is 0. The number of ether oxygens (including phenoxy) is 1. The molecule has 132 valence electrons. The normalized spacial score (nSPS) is 11.0. The number of nitrogens with one attached hydrogen (secondary N) is 2. The number of methoxy groups -OCH3 is 1. The highest BCUT2D eigenvalue weighted by atomic mass is 127. The summed E-state index contributed by atoms with van der Waals surface area (Å²) in [6.45, 7) is 6.75. The zero-order valence-corrected chi connectivity index (χ0v) is 16.7. The fourth-order valence-corrected chi connectivity index (χ4v) is 2.00. The van der Waals surface area contributed by atoms with Crippen molar-refractivity contribution in [3.63, 3.8) is 0 Å². The molecule has 1 aromatic carbocycles. The second-order valence-electron chi connectivity index (χ2n) is 5.26. The lowest BCUT2D eigenvalue weighted by Gasteiger charge is -2.11. The topological polar surface area (TPSA) is 45.7 Å². The molecule has 0 aliphatic rings. The lowest BCUT2D eigenvalue weighted by molar-refractivity contribution is 0.192. The largest absolute Gasteiger partial charge is 0.385 e. The number of nitrogens with zero attached hydrogens (tertiary/aromatic N) is 1. The summed E-state index contributed by atoms with van der Waals surface area (Å²) in [5.41, 5.74) is 1.54. The Morgan fingerprint density at radius 2 is 2.00 bits per heavy atom. The fourth-order valence-electron chi connectivity index (χ4n) is 2.00. The zero-order chi connectivity index (χ0) is 16.2. The molecule has 0 spiro atoms. The van der Waals surface area contributed by atoms with Crippen LogP contribution < -0.4 is 10.6 Å². The smallest absolute Gasteiger partial charge is 0.191 e. The van der Waals surface area contributed by atoms with Crippen LogP contribution in [0.3, 0.4) is 0 Å². The number of benzene rings is 1. The predicted octanol–water partition coefficient (Wildman–Crippen LogP) is 3.62. The molecule has 2 N–H and O–H groups in total. The molecular formula is C17H29FIN3O. The molecule has 0 unspecified atom stereocenters. The molecule has 0 aromatic heterocycles. The lowest BCUT2D eigenvalue weighted by Crippen LogP contribution is -2.37. The second kappa shape index (κ2) is 13.5. The Bertz CT molecular complexity index is 469. The molecule has 0 aliphatic heterocycles. The van der Waals surface area contributed by atoms with E-state index >= 15 is 0 Å². The number of halogens is 2. The fraction of sp³-hybridized carbons (Fsp3) is 0.588. The van der Waals surface area contributed by atoms with Gasteiger partial charge < -0.3 is 15.4 Å². The number of unbranched alkanes of at least 4 members (excludes halogenated alkanes) is 2. The van der Waals surface area contributed by atoms with Gasteiger partial charge in [-0.15, -0.1) is 24.0 Å². The molecule has 4 nitrogen and oxygen atoms in total. The summed E-state index contributed by atoms with van der Waals surface area (Å²) in [6.07, 6.45) is 3.28. The minimum atomic E-state index is -0.177. The van der Waals surface area contributed by atoms with Crippen molar-refractivity contribution in [2.24, 2.45) is 4.99 Å². The number of hydrogen-bond donors (Lipinski definition) is 2. The summed E-state index contributed by atoms with van der Waals surface area (Å²) in [6, 6.07) is 5.25. The van der Waals surface area contributed by atoms with E-state index in [2.05, 4.69) is 15.6 Å². The Morgan fingerprint density at radius 3 is 2.65 bits per heavy atom. The van der Waals surface area contributed by atoms with Crippen molar-refractivity contribution in [1.29, 1.82) is 0 Å². The lowest BCUT2D eigenvalue weighted by atomic mass is 10.1. The van der Waals surface area contributed by atoms with E-state index < -0.39 is 0 Å². The summed E-state index contributed by atoms with van der Waals surface area (Å²) in [5, 5.41) is 6.50. The first-order valence-electron chi connectivity index (χ1n) is 7.93. The average molecular weight is 437 g/mol. The van der Waals surface area contributed by atoms with Crippen molar-refractivity contribution in [1.82, 2.24) is 10.6 Å². The number of aliphatic imine (C=N–C) groups is 1. The van der Waals surface area contributed by atoms with E-state index in [0.29, 0.717) is 12.1 Å². The van der Waals surface area contributed by atoms with Gasteiger partial charge in [-0.1, -0.05) is 12.1 Å². The number of rotatable bonds is 9. The first-order chi connectivity index (χ1) is 10.7. The molecule has 1 rings (SSSR count). The molecule has 0 aliphatic carbocycles. The van der Waals surface area contributed by atoms with Crippen LogP contribution in [0.15, 0.2) is 23.2 Å². The standard InChI is InChI=1S/C17H28FN3O.HI/c1-4-19-17(20-10-6-5-7-11-22-3)21-13-15-9-8-14(2)16(18)12-15;/h8-9,12H,4-7,10-11,13H2,1-3H3,(H2,19,20,21);1H. The van der Waals surface area contributed by atoms with Crippen LogP contribution in [0.5, 0.6) is 0 Å². The number of aryl methyl sites for hydroxylation is 1. The average Bonchev–Trinajstić information content (AvgIpc) is 2.51. The van der Waals surface area contributed by atoms with Crippen LogP contribution in [0.2, 0.25) is 0 Å². The summed E-state index contributed by atoms with van der Waals surface area (Å²) in [4.78, 5) is 4.49. The Balaban J connectivity index is 0.00000484. The van der Waals surface area contributed by atoms with Crippen molar-refractivity contribution >= 4 is 29.9 Å². The SMILES string of the molecule is CCNC(=NCc1ccc(C)c(F)c1)NCCCCCOC.I. The van der Waals surface area contributed by atoms with Gasteiger partial charge in [-0.3, -0.25) is 0 Å². The van der Waals surface area contributed by atoms with Crippen molar-refractivity contribution in [2.45, 2.75) is 39.7 Å². The Labute approximate surface area is 156 Å². The molecule has 0 saturated carbocycles. The van der Waals surface area contributed by atoms with Gasteiger partial charge in [0.2, 0.25) is 0 Å². The van der Waals surface area contributed by atoms with E-state index in [-0.39, 0.29) is 29.8 Å². The van der Waals surface area contributed by atoms with Crippen LogP contribution in [0, 0.1) is 12.7 Å². The van der Waals surface area contributed by atoms with Crippen molar-refractivity contribution < 1.29 is 9.13 Å². The van der Waals surface area contributed by atoms with Gasteiger partial charge in [0, 0.05) is 26.8 Å². The maximum absolute atomic E-state index is 13.5. The van der Waals surface area contributed by atoms with E-state index in [1.807, 2.05) is 13.0 Å². The minimum absolute atomic E-state index is 0. The van der Waals surface area contributed by atoms with E-state index in [4.69, 9.17) is 4.74 Å². The monoisotopic (exact) mass is 437 g/mol. The van der Waals surface area contributed by atoms with Crippen molar-refractivity contribution in [3.05, 3.63) is 35.1 Å². The second-order valence-corrected chi connectivity index (χ2v) is 5.26. The van der Waals surface area contributed by atoms with Crippen LogP contribution in [0.25, 0.3) is 0 Å². The van der Waals surface area contributed by atoms with E-state index in [0.717, 1.165) is 50.5 Å². The molecule has 0 amide bonds. The van der Waals surface area contributed by atoms with E-state index in [1.54, 1.807) is 26.2 Å². The molecular weight excluding hydrogens is 408 g/mol. The molecule has 0 atom stereocenters. The predicted molar refractivity (Wildman–Crippen MR) is 105 cm³/mol. The number of hydrogen-bond acceptors (Lipinski definition) is 2. The van der Waals surface area contributed by atoms with Crippen LogP contribution in [-0.2, 0) is 11.3 Å². The molecule has 0 fully saturated rings. The highest BCUT2D eigenvalue weighted by Gasteiger charge is 2.00. The van der Waals surface area contributed by atoms with Crippen LogP contribution >= 0.6 is 24.0 Å². The minimum Gasteiger partial charge on any atom is -0.385 e. The zero-order valence-electron chi connectivity index (χ0n) is 14.3. The first-order valence-corrected chi connectivity index (χ1v) is 7.93. The Hall–Kier alpha value is -0.890.